The lowest BCUT2D eigenvalue weighted by molar-refractivity contribution is -0.0447. The van der Waals surface area contributed by atoms with Crippen molar-refractivity contribution in [3.05, 3.63) is 24.0 Å². The predicted molar refractivity (Wildman–Crippen MR) is 66.5 cm³/mol. The number of rotatable bonds is 3. The van der Waals surface area contributed by atoms with E-state index < -0.39 is 0 Å². The van der Waals surface area contributed by atoms with Crippen molar-refractivity contribution >= 4 is 11.6 Å². The minimum absolute atomic E-state index is 0.0737. The molecule has 18 heavy (non-hydrogen) atoms. The van der Waals surface area contributed by atoms with Gasteiger partial charge in [0.25, 0.3) is 5.91 Å². The van der Waals surface area contributed by atoms with Crippen molar-refractivity contribution in [1.29, 1.82) is 0 Å². The van der Waals surface area contributed by atoms with Crippen molar-refractivity contribution in [1.82, 2.24) is 9.88 Å². The Morgan fingerprint density at radius 3 is 3.28 bits per heavy atom. The van der Waals surface area contributed by atoms with Gasteiger partial charge in [0, 0.05) is 38.2 Å². The van der Waals surface area contributed by atoms with E-state index in [-0.39, 0.29) is 18.6 Å². The Morgan fingerprint density at radius 2 is 2.56 bits per heavy atom. The molecule has 1 aromatic rings. The summed E-state index contributed by atoms with van der Waals surface area (Å²) in [5, 5.41) is 12.0. The Balaban J connectivity index is 2.15. The number of aliphatic hydroxyl groups excluding tert-OH is 1. The third-order valence-corrected chi connectivity index (χ3v) is 2.95. The number of hydrogen-bond donors (Lipinski definition) is 2. The fraction of sp³-hybridized carbons (Fsp3) is 0.500. The van der Waals surface area contributed by atoms with Crippen LogP contribution in [0.4, 0.5) is 5.69 Å². The van der Waals surface area contributed by atoms with Gasteiger partial charge in [-0.15, -0.1) is 0 Å². The zero-order valence-electron chi connectivity index (χ0n) is 10.3. The number of morpholine rings is 1. The lowest BCUT2D eigenvalue weighted by Crippen LogP contribution is -2.47. The van der Waals surface area contributed by atoms with E-state index in [4.69, 9.17) is 9.84 Å². The highest BCUT2D eigenvalue weighted by Gasteiger charge is 2.25. The van der Waals surface area contributed by atoms with E-state index >= 15 is 0 Å². The molecule has 0 saturated carbocycles. The minimum atomic E-state index is -0.294. The van der Waals surface area contributed by atoms with Gasteiger partial charge in [-0.2, -0.15) is 0 Å². The molecule has 6 nitrogen and oxygen atoms in total. The van der Waals surface area contributed by atoms with Crippen LogP contribution in [-0.2, 0) is 4.74 Å². The van der Waals surface area contributed by atoms with Crippen LogP contribution in [0.2, 0.25) is 0 Å². The number of pyridine rings is 1. The molecule has 98 valence electrons. The van der Waals surface area contributed by atoms with Crippen LogP contribution < -0.4 is 5.32 Å². The monoisotopic (exact) mass is 251 g/mol. The average Bonchev–Trinajstić information content (AvgIpc) is 2.46. The molecule has 6 heteroatoms. The van der Waals surface area contributed by atoms with Crippen LogP contribution in [-0.4, -0.2) is 60.4 Å². The SMILES string of the molecule is CNc1ccncc1C(=O)N1CCOC(CO)C1. The molecule has 0 aromatic carbocycles. The number of aliphatic hydroxyl groups is 1. The first-order chi connectivity index (χ1) is 8.76. The maximum absolute atomic E-state index is 12.3. The fourth-order valence-electron chi connectivity index (χ4n) is 1.97. The number of hydrogen-bond acceptors (Lipinski definition) is 5. The van der Waals surface area contributed by atoms with Crippen LogP contribution in [0, 0.1) is 0 Å². The van der Waals surface area contributed by atoms with E-state index in [0.29, 0.717) is 25.3 Å². The van der Waals surface area contributed by atoms with Gasteiger partial charge in [0.15, 0.2) is 0 Å². The van der Waals surface area contributed by atoms with Gasteiger partial charge >= 0.3 is 0 Å². The summed E-state index contributed by atoms with van der Waals surface area (Å²) in [6, 6.07) is 1.76. The Morgan fingerprint density at radius 1 is 1.72 bits per heavy atom. The smallest absolute Gasteiger partial charge is 0.257 e. The molecule has 1 fully saturated rings. The molecular weight excluding hydrogens is 234 g/mol. The van der Waals surface area contributed by atoms with Gasteiger partial charge < -0.3 is 20.1 Å². The molecule has 2 heterocycles. The summed E-state index contributed by atoms with van der Waals surface area (Å²) >= 11 is 0. The van der Waals surface area contributed by atoms with E-state index in [1.54, 1.807) is 30.4 Å². The summed E-state index contributed by atoms with van der Waals surface area (Å²) in [7, 11) is 1.77. The zero-order chi connectivity index (χ0) is 13.0. The maximum Gasteiger partial charge on any atom is 0.257 e. The third-order valence-electron chi connectivity index (χ3n) is 2.95. The van der Waals surface area contributed by atoms with E-state index in [1.807, 2.05) is 0 Å². The molecule has 0 radical (unpaired) electrons. The molecule has 1 aliphatic rings. The highest BCUT2D eigenvalue weighted by Crippen LogP contribution is 2.17. The number of carbonyl (C=O) groups excluding carboxylic acids is 1. The van der Waals surface area contributed by atoms with Gasteiger partial charge in [0.1, 0.15) is 0 Å². The Hall–Kier alpha value is -1.66. The number of aromatic nitrogens is 1. The summed E-state index contributed by atoms with van der Waals surface area (Å²) in [5.41, 5.74) is 1.29. The summed E-state index contributed by atoms with van der Waals surface area (Å²) < 4.78 is 5.32. The molecule has 0 aliphatic carbocycles. The van der Waals surface area contributed by atoms with Crippen LogP contribution in [0.1, 0.15) is 10.4 Å². The third kappa shape index (κ3) is 2.60. The van der Waals surface area contributed by atoms with Gasteiger partial charge in [0.05, 0.1) is 24.9 Å². The Labute approximate surface area is 106 Å². The fourth-order valence-corrected chi connectivity index (χ4v) is 1.97. The van der Waals surface area contributed by atoms with E-state index in [1.165, 1.54) is 0 Å². The second-order valence-corrected chi connectivity index (χ2v) is 4.10. The molecule has 0 bridgehead atoms. The number of nitrogens with zero attached hydrogens (tertiary/aromatic N) is 2. The van der Waals surface area contributed by atoms with Crippen LogP contribution in [0.3, 0.4) is 0 Å². The second-order valence-electron chi connectivity index (χ2n) is 4.10. The minimum Gasteiger partial charge on any atom is -0.394 e. The van der Waals surface area contributed by atoms with Crippen molar-refractivity contribution in [3.8, 4) is 0 Å². The summed E-state index contributed by atoms with van der Waals surface area (Å²) in [6.45, 7) is 1.32. The lowest BCUT2D eigenvalue weighted by atomic mass is 10.2. The molecule has 1 aliphatic heterocycles. The topological polar surface area (TPSA) is 74.7 Å². The average molecular weight is 251 g/mol. The Kier molecular flexibility index (Phi) is 4.11. The molecule has 1 aromatic heterocycles. The van der Waals surface area contributed by atoms with E-state index in [0.717, 1.165) is 5.69 Å². The first kappa shape index (κ1) is 12.8. The standard InChI is InChI=1S/C12H17N3O3/c1-13-11-2-3-14-6-10(11)12(17)15-4-5-18-9(7-15)8-16/h2-3,6,9,16H,4-5,7-8H2,1H3,(H,13,14). The number of nitrogens with one attached hydrogen (secondary N) is 1. The zero-order valence-corrected chi connectivity index (χ0v) is 10.3. The second kappa shape index (κ2) is 5.79. The van der Waals surface area contributed by atoms with E-state index in [9.17, 15) is 4.79 Å². The van der Waals surface area contributed by atoms with Crippen molar-refractivity contribution in [2.45, 2.75) is 6.10 Å². The lowest BCUT2D eigenvalue weighted by Gasteiger charge is -2.32. The normalized spacial score (nSPS) is 19.7. The highest BCUT2D eigenvalue weighted by molar-refractivity contribution is 5.99. The summed E-state index contributed by atoms with van der Waals surface area (Å²) in [6.07, 6.45) is 2.90. The quantitative estimate of drug-likeness (QED) is 0.788. The van der Waals surface area contributed by atoms with Crippen LogP contribution >= 0.6 is 0 Å². The summed E-state index contributed by atoms with van der Waals surface area (Å²) in [5.74, 6) is -0.0887. The Bertz CT molecular complexity index is 425. The maximum atomic E-state index is 12.3. The van der Waals surface area contributed by atoms with Crippen LogP contribution in [0.25, 0.3) is 0 Å². The van der Waals surface area contributed by atoms with Crippen molar-refractivity contribution in [3.63, 3.8) is 0 Å². The summed E-state index contributed by atoms with van der Waals surface area (Å²) in [4.78, 5) is 18.0. The first-order valence-corrected chi connectivity index (χ1v) is 5.89. The first-order valence-electron chi connectivity index (χ1n) is 5.89. The van der Waals surface area contributed by atoms with Crippen LogP contribution in [0.15, 0.2) is 18.5 Å². The van der Waals surface area contributed by atoms with Gasteiger partial charge in [-0.05, 0) is 6.07 Å². The molecule has 1 unspecified atom stereocenters. The largest absolute Gasteiger partial charge is 0.394 e. The molecule has 2 N–H and O–H groups in total. The molecule has 1 amide bonds. The number of ether oxygens (including phenoxy) is 1. The molecule has 0 spiro atoms. The molecular formula is C12H17N3O3. The van der Waals surface area contributed by atoms with Gasteiger partial charge in [-0.3, -0.25) is 9.78 Å². The molecule has 2 rings (SSSR count). The predicted octanol–water partition coefficient (Wildman–Crippen LogP) is -0.0434. The van der Waals surface area contributed by atoms with Crippen molar-refractivity contribution in [2.24, 2.45) is 0 Å². The molecule has 1 saturated heterocycles. The highest BCUT2D eigenvalue weighted by atomic mass is 16.5. The number of amides is 1. The van der Waals surface area contributed by atoms with Gasteiger partial charge in [-0.1, -0.05) is 0 Å². The van der Waals surface area contributed by atoms with Crippen molar-refractivity contribution < 1.29 is 14.6 Å². The van der Waals surface area contributed by atoms with Gasteiger partial charge in [-0.25, -0.2) is 0 Å². The van der Waals surface area contributed by atoms with Crippen LogP contribution in [0.5, 0.6) is 0 Å². The van der Waals surface area contributed by atoms with E-state index in [2.05, 4.69) is 10.3 Å². The van der Waals surface area contributed by atoms with Crippen molar-refractivity contribution in [2.75, 3.05) is 38.7 Å². The number of anilines is 1. The molecule has 1 atom stereocenters. The number of carbonyl (C=O) groups is 1. The van der Waals surface area contributed by atoms with Gasteiger partial charge in [0.2, 0.25) is 0 Å².